The van der Waals surface area contributed by atoms with E-state index in [2.05, 4.69) is 14.9 Å². The second-order valence-corrected chi connectivity index (χ2v) is 5.70. The standard InChI is InChI=1S/C16H19N3O4/c1-11-21-15(22-11)13-10-20-16(18-13)19-8-5-12(6-9-19)23-14-4-2-3-7-17-14/h2-4,7,10-12,15H,5-6,8-9H2,1H3. The van der Waals surface area contributed by atoms with Crippen LogP contribution in [0.3, 0.4) is 0 Å². The maximum absolute atomic E-state index is 5.89. The molecule has 0 aromatic carbocycles. The van der Waals surface area contributed by atoms with Crippen LogP contribution in [0, 0.1) is 0 Å². The number of piperidine rings is 1. The summed E-state index contributed by atoms with van der Waals surface area (Å²) in [7, 11) is 0. The van der Waals surface area contributed by atoms with Gasteiger partial charge in [-0.15, -0.1) is 0 Å². The van der Waals surface area contributed by atoms with E-state index >= 15 is 0 Å². The van der Waals surface area contributed by atoms with Crippen molar-refractivity contribution in [2.75, 3.05) is 18.0 Å². The van der Waals surface area contributed by atoms with E-state index in [0.29, 0.717) is 17.6 Å². The van der Waals surface area contributed by atoms with Crippen molar-refractivity contribution in [3.63, 3.8) is 0 Å². The molecular formula is C16H19N3O4. The minimum Gasteiger partial charge on any atom is -0.474 e. The van der Waals surface area contributed by atoms with Gasteiger partial charge in [-0.2, -0.15) is 4.98 Å². The lowest BCUT2D eigenvalue weighted by molar-refractivity contribution is -0.383. The summed E-state index contributed by atoms with van der Waals surface area (Å²) in [6.07, 6.45) is 4.76. The zero-order valence-electron chi connectivity index (χ0n) is 12.9. The first-order valence-electron chi connectivity index (χ1n) is 7.87. The topological polar surface area (TPSA) is 69.9 Å². The second-order valence-electron chi connectivity index (χ2n) is 5.70. The van der Waals surface area contributed by atoms with E-state index in [-0.39, 0.29) is 12.4 Å². The lowest BCUT2D eigenvalue weighted by Crippen LogP contribution is -2.38. The van der Waals surface area contributed by atoms with Crippen molar-refractivity contribution in [2.45, 2.75) is 38.4 Å². The molecule has 2 aliphatic heterocycles. The number of rotatable bonds is 4. The van der Waals surface area contributed by atoms with E-state index < -0.39 is 6.29 Å². The zero-order valence-corrected chi connectivity index (χ0v) is 12.9. The number of hydrogen-bond donors (Lipinski definition) is 0. The summed E-state index contributed by atoms with van der Waals surface area (Å²) in [5.74, 6) is 0.678. The van der Waals surface area contributed by atoms with Gasteiger partial charge in [-0.05, 0) is 13.0 Å². The first-order valence-corrected chi connectivity index (χ1v) is 7.87. The summed E-state index contributed by atoms with van der Waals surface area (Å²) in [5.41, 5.74) is 0.685. The third-order valence-corrected chi connectivity index (χ3v) is 4.02. The fraction of sp³-hybridized carbons (Fsp3) is 0.500. The van der Waals surface area contributed by atoms with E-state index in [1.165, 1.54) is 0 Å². The smallest absolute Gasteiger partial charge is 0.297 e. The highest BCUT2D eigenvalue weighted by molar-refractivity contribution is 5.28. The maximum Gasteiger partial charge on any atom is 0.297 e. The molecule has 2 saturated heterocycles. The number of oxazole rings is 1. The van der Waals surface area contributed by atoms with Crippen molar-refractivity contribution < 1.29 is 18.6 Å². The van der Waals surface area contributed by atoms with Gasteiger partial charge in [0.05, 0.1) is 0 Å². The maximum atomic E-state index is 5.89. The molecule has 0 aliphatic carbocycles. The summed E-state index contributed by atoms with van der Waals surface area (Å²) in [4.78, 5) is 10.8. The molecule has 0 unspecified atom stereocenters. The Kier molecular flexibility index (Phi) is 3.88. The minimum atomic E-state index is -0.396. The molecule has 0 radical (unpaired) electrons. The summed E-state index contributed by atoms with van der Waals surface area (Å²) in [6, 6.07) is 6.30. The van der Waals surface area contributed by atoms with Crippen LogP contribution < -0.4 is 9.64 Å². The van der Waals surface area contributed by atoms with Gasteiger partial charge in [0.2, 0.25) is 12.2 Å². The molecule has 0 atom stereocenters. The molecule has 4 heterocycles. The van der Waals surface area contributed by atoms with Crippen LogP contribution in [0.25, 0.3) is 0 Å². The van der Waals surface area contributed by atoms with Crippen LogP contribution in [0.1, 0.15) is 31.7 Å². The number of hydrogen-bond acceptors (Lipinski definition) is 7. The number of anilines is 1. The first-order chi connectivity index (χ1) is 11.3. The van der Waals surface area contributed by atoms with Crippen LogP contribution in [0.15, 0.2) is 35.1 Å². The van der Waals surface area contributed by atoms with Gasteiger partial charge in [-0.25, -0.2) is 4.98 Å². The van der Waals surface area contributed by atoms with Gasteiger partial charge in [-0.3, -0.25) is 0 Å². The predicted octanol–water partition coefficient (Wildman–Crippen LogP) is 2.51. The first kappa shape index (κ1) is 14.5. The van der Waals surface area contributed by atoms with Gasteiger partial charge < -0.3 is 23.5 Å². The van der Waals surface area contributed by atoms with Gasteiger partial charge in [0.15, 0.2) is 6.29 Å². The van der Waals surface area contributed by atoms with Crippen molar-refractivity contribution >= 4 is 6.01 Å². The van der Waals surface area contributed by atoms with Crippen molar-refractivity contribution in [3.8, 4) is 5.88 Å². The van der Waals surface area contributed by atoms with Crippen LogP contribution in [0.2, 0.25) is 0 Å². The van der Waals surface area contributed by atoms with E-state index in [9.17, 15) is 0 Å². The monoisotopic (exact) mass is 317 g/mol. The molecule has 0 amide bonds. The lowest BCUT2D eigenvalue weighted by atomic mass is 10.1. The SMILES string of the molecule is CC1OC(c2coc(N3CCC(Oc4ccccn4)CC3)n2)O1. The Morgan fingerprint density at radius 2 is 2.04 bits per heavy atom. The Hall–Kier alpha value is -2.12. The van der Waals surface area contributed by atoms with Gasteiger partial charge in [-0.1, -0.05) is 6.07 Å². The number of nitrogens with zero attached hydrogens (tertiary/aromatic N) is 3. The van der Waals surface area contributed by atoms with E-state index in [4.69, 9.17) is 18.6 Å². The Balaban J connectivity index is 1.31. The Morgan fingerprint density at radius 1 is 1.22 bits per heavy atom. The van der Waals surface area contributed by atoms with Gasteiger partial charge in [0.25, 0.3) is 6.01 Å². The van der Waals surface area contributed by atoms with Gasteiger partial charge in [0.1, 0.15) is 18.1 Å². The zero-order chi connectivity index (χ0) is 15.6. The summed E-state index contributed by atoms with van der Waals surface area (Å²) in [5, 5.41) is 0. The molecule has 2 fully saturated rings. The van der Waals surface area contributed by atoms with Crippen LogP contribution in [-0.4, -0.2) is 35.5 Å². The Labute approximate surface area is 134 Å². The third kappa shape index (κ3) is 3.16. The molecule has 4 rings (SSSR count). The molecule has 0 saturated carbocycles. The summed E-state index contributed by atoms with van der Waals surface area (Å²) in [6.45, 7) is 3.52. The molecule has 0 bridgehead atoms. The Morgan fingerprint density at radius 3 is 2.74 bits per heavy atom. The van der Waals surface area contributed by atoms with Crippen molar-refractivity contribution in [1.29, 1.82) is 0 Å². The van der Waals surface area contributed by atoms with E-state index in [1.54, 1.807) is 12.5 Å². The average Bonchev–Trinajstić information content (AvgIpc) is 3.03. The van der Waals surface area contributed by atoms with Crippen LogP contribution >= 0.6 is 0 Å². The quantitative estimate of drug-likeness (QED) is 0.858. The number of ether oxygens (including phenoxy) is 3. The van der Waals surface area contributed by atoms with Crippen molar-refractivity contribution in [3.05, 3.63) is 36.4 Å². The summed E-state index contributed by atoms with van der Waals surface area (Å²) >= 11 is 0. The molecule has 2 aliphatic rings. The predicted molar refractivity (Wildman–Crippen MR) is 81.0 cm³/mol. The molecule has 2 aromatic heterocycles. The highest BCUT2D eigenvalue weighted by Gasteiger charge is 2.32. The van der Waals surface area contributed by atoms with Crippen LogP contribution in [0.5, 0.6) is 5.88 Å². The van der Waals surface area contributed by atoms with E-state index in [1.807, 2.05) is 25.1 Å². The highest BCUT2D eigenvalue weighted by atomic mass is 16.9. The minimum absolute atomic E-state index is 0.167. The fourth-order valence-electron chi connectivity index (χ4n) is 2.78. The molecule has 122 valence electrons. The molecule has 7 heteroatoms. The van der Waals surface area contributed by atoms with Gasteiger partial charge in [0, 0.05) is 38.2 Å². The van der Waals surface area contributed by atoms with E-state index in [0.717, 1.165) is 25.9 Å². The second kappa shape index (κ2) is 6.17. The van der Waals surface area contributed by atoms with Crippen LogP contribution in [-0.2, 0) is 9.47 Å². The fourth-order valence-corrected chi connectivity index (χ4v) is 2.78. The normalized spacial score (nSPS) is 25.2. The number of pyridine rings is 1. The Bertz CT molecular complexity index is 634. The molecule has 7 nitrogen and oxygen atoms in total. The lowest BCUT2D eigenvalue weighted by Gasteiger charge is -2.32. The number of aromatic nitrogens is 2. The molecule has 23 heavy (non-hydrogen) atoms. The average molecular weight is 317 g/mol. The van der Waals surface area contributed by atoms with Crippen molar-refractivity contribution in [2.24, 2.45) is 0 Å². The molecule has 0 N–H and O–H groups in total. The summed E-state index contributed by atoms with van der Waals surface area (Å²) < 4.78 is 22.3. The van der Waals surface area contributed by atoms with Gasteiger partial charge >= 0.3 is 0 Å². The molecule has 2 aromatic rings. The largest absolute Gasteiger partial charge is 0.474 e. The van der Waals surface area contributed by atoms with Crippen molar-refractivity contribution in [1.82, 2.24) is 9.97 Å². The molecule has 0 spiro atoms. The van der Waals surface area contributed by atoms with Crippen LogP contribution in [0.4, 0.5) is 6.01 Å². The highest BCUT2D eigenvalue weighted by Crippen LogP contribution is 2.32. The third-order valence-electron chi connectivity index (χ3n) is 4.02. The molecular weight excluding hydrogens is 298 g/mol.